The van der Waals surface area contributed by atoms with Gasteiger partial charge in [-0.25, -0.2) is 0 Å². The molecule has 0 heterocycles. The summed E-state index contributed by atoms with van der Waals surface area (Å²) in [5.74, 6) is 0.725. The van der Waals surface area contributed by atoms with Crippen LogP contribution in [0.3, 0.4) is 0 Å². The fraction of sp³-hybridized carbons (Fsp3) is 0.500. The third-order valence-corrected chi connectivity index (χ3v) is 4.15. The molecular weight excluding hydrogens is 278 g/mol. The zero-order valence-electron chi connectivity index (χ0n) is 10.2. The van der Waals surface area contributed by atoms with Crippen LogP contribution >= 0.6 is 15.9 Å². The van der Waals surface area contributed by atoms with Gasteiger partial charge in [0, 0.05) is 28.7 Å². The molecule has 1 amide bonds. The highest BCUT2D eigenvalue weighted by Gasteiger charge is 2.15. The summed E-state index contributed by atoms with van der Waals surface area (Å²) in [6.45, 7) is 0. The number of anilines is 1. The molecule has 1 aliphatic carbocycles. The molecule has 0 bridgehead atoms. The Kier molecular flexibility index (Phi) is 4.21. The number of hydrogen-bond donors (Lipinski definition) is 0. The van der Waals surface area contributed by atoms with Crippen LogP contribution < -0.4 is 4.90 Å². The Labute approximate surface area is 111 Å². The molecule has 1 fully saturated rings. The summed E-state index contributed by atoms with van der Waals surface area (Å²) in [7, 11) is 1.77. The highest BCUT2D eigenvalue weighted by atomic mass is 79.9. The topological polar surface area (TPSA) is 20.3 Å². The van der Waals surface area contributed by atoms with Crippen molar-refractivity contribution in [1.82, 2.24) is 0 Å². The fourth-order valence-electron chi connectivity index (χ4n) is 2.51. The van der Waals surface area contributed by atoms with Gasteiger partial charge >= 0.3 is 0 Å². The molecule has 1 aliphatic rings. The van der Waals surface area contributed by atoms with Crippen molar-refractivity contribution in [3.05, 3.63) is 29.8 Å². The third kappa shape index (κ3) is 3.09. The van der Waals surface area contributed by atoms with Crippen molar-refractivity contribution in [2.45, 2.75) is 38.0 Å². The first kappa shape index (κ1) is 12.6. The minimum atomic E-state index is -0.108. The van der Waals surface area contributed by atoms with Crippen LogP contribution in [0.25, 0.3) is 0 Å². The van der Waals surface area contributed by atoms with Gasteiger partial charge in [-0.05, 0) is 36.5 Å². The molecule has 92 valence electrons. The highest BCUT2D eigenvalue weighted by Crippen LogP contribution is 2.33. The van der Waals surface area contributed by atoms with Gasteiger partial charge in [0.1, 0.15) is 0 Å². The minimum absolute atomic E-state index is 0.108. The highest BCUT2D eigenvalue weighted by molar-refractivity contribution is 9.18. The van der Waals surface area contributed by atoms with E-state index in [4.69, 9.17) is 0 Å². The van der Waals surface area contributed by atoms with Crippen LogP contribution in [0, 0.1) is 0 Å². The van der Waals surface area contributed by atoms with E-state index in [1.165, 1.54) is 37.7 Å². The molecule has 2 rings (SSSR count). The molecule has 1 aromatic rings. The Hall–Kier alpha value is -0.830. The number of amides is 1. The number of rotatable bonds is 2. The SMILES string of the molecule is CN(C(=O)Br)c1ccc(C2CCCCC2)cc1. The molecule has 0 radical (unpaired) electrons. The van der Waals surface area contributed by atoms with E-state index in [-0.39, 0.29) is 4.82 Å². The lowest BCUT2D eigenvalue weighted by Gasteiger charge is -2.22. The number of hydrogen-bond acceptors (Lipinski definition) is 1. The van der Waals surface area contributed by atoms with Gasteiger partial charge in [-0.15, -0.1) is 0 Å². The molecular formula is C14H18BrNO. The molecule has 0 N–H and O–H groups in total. The van der Waals surface area contributed by atoms with E-state index in [2.05, 4.69) is 28.1 Å². The van der Waals surface area contributed by atoms with Crippen molar-refractivity contribution < 1.29 is 4.79 Å². The van der Waals surface area contributed by atoms with Crippen LogP contribution in [-0.2, 0) is 0 Å². The summed E-state index contributed by atoms with van der Waals surface area (Å²) >= 11 is 2.96. The predicted molar refractivity (Wildman–Crippen MR) is 75.0 cm³/mol. The van der Waals surface area contributed by atoms with Crippen LogP contribution in [0.2, 0.25) is 0 Å². The Balaban J connectivity index is 2.09. The molecule has 2 nitrogen and oxygen atoms in total. The van der Waals surface area contributed by atoms with Gasteiger partial charge in [-0.3, -0.25) is 4.79 Å². The lowest BCUT2D eigenvalue weighted by Crippen LogP contribution is -2.19. The maximum absolute atomic E-state index is 11.2. The maximum Gasteiger partial charge on any atom is 0.293 e. The van der Waals surface area contributed by atoms with Crippen molar-refractivity contribution in [2.24, 2.45) is 0 Å². The van der Waals surface area contributed by atoms with Gasteiger partial charge in [-0.1, -0.05) is 31.4 Å². The summed E-state index contributed by atoms with van der Waals surface area (Å²) in [6, 6.07) is 8.39. The quantitative estimate of drug-likeness (QED) is 0.573. The molecule has 0 atom stereocenters. The summed E-state index contributed by atoms with van der Waals surface area (Å²) in [5, 5.41) is 0. The molecule has 1 aromatic carbocycles. The Morgan fingerprint density at radius 3 is 2.29 bits per heavy atom. The smallest absolute Gasteiger partial charge is 0.293 e. The zero-order valence-corrected chi connectivity index (χ0v) is 11.7. The van der Waals surface area contributed by atoms with Gasteiger partial charge in [0.05, 0.1) is 0 Å². The van der Waals surface area contributed by atoms with E-state index in [0.717, 1.165) is 11.6 Å². The van der Waals surface area contributed by atoms with Gasteiger partial charge in [-0.2, -0.15) is 0 Å². The second-order valence-electron chi connectivity index (χ2n) is 4.74. The number of carbonyl (C=O) groups is 1. The third-order valence-electron chi connectivity index (χ3n) is 3.62. The molecule has 0 aliphatic heterocycles. The van der Waals surface area contributed by atoms with Gasteiger partial charge in [0.15, 0.2) is 0 Å². The second-order valence-corrected chi connectivity index (χ2v) is 5.42. The fourth-order valence-corrected chi connectivity index (χ4v) is 2.71. The van der Waals surface area contributed by atoms with Crippen LogP contribution in [0.15, 0.2) is 24.3 Å². The molecule has 0 spiro atoms. The summed E-state index contributed by atoms with van der Waals surface area (Å²) in [6.07, 6.45) is 6.72. The monoisotopic (exact) mass is 295 g/mol. The van der Waals surface area contributed by atoms with Crippen molar-refractivity contribution in [2.75, 3.05) is 11.9 Å². The van der Waals surface area contributed by atoms with Crippen molar-refractivity contribution in [1.29, 1.82) is 0 Å². The Morgan fingerprint density at radius 1 is 1.18 bits per heavy atom. The summed E-state index contributed by atoms with van der Waals surface area (Å²) in [5.41, 5.74) is 2.36. The first-order valence-corrected chi connectivity index (χ1v) is 7.01. The van der Waals surface area contributed by atoms with Crippen LogP contribution in [0.4, 0.5) is 10.5 Å². The van der Waals surface area contributed by atoms with E-state index < -0.39 is 0 Å². The molecule has 0 aromatic heterocycles. The molecule has 3 heteroatoms. The van der Waals surface area contributed by atoms with E-state index in [0.29, 0.717) is 0 Å². The van der Waals surface area contributed by atoms with Crippen molar-refractivity contribution >= 4 is 26.4 Å². The van der Waals surface area contributed by atoms with Gasteiger partial charge < -0.3 is 4.90 Å². The average Bonchev–Trinajstić information content (AvgIpc) is 2.39. The van der Waals surface area contributed by atoms with Gasteiger partial charge in [0.25, 0.3) is 4.82 Å². The first-order valence-electron chi connectivity index (χ1n) is 6.21. The average molecular weight is 296 g/mol. The maximum atomic E-state index is 11.2. The Bertz CT molecular complexity index is 382. The number of nitrogens with zero attached hydrogens (tertiary/aromatic N) is 1. The van der Waals surface area contributed by atoms with Crippen LogP contribution in [0.5, 0.6) is 0 Å². The number of benzene rings is 1. The zero-order chi connectivity index (χ0) is 12.3. The van der Waals surface area contributed by atoms with E-state index in [1.54, 1.807) is 11.9 Å². The second kappa shape index (κ2) is 5.67. The lowest BCUT2D eigenvalue weighted by molar-refractivity contribution is 0.267. The van der Waals surface area contributed by atoms with E-state index in [1.807, 2.05) is 12.1 Å². The molecule has 0 unspecified atom stereocenters. The van der Waals surface area contributed by atoms with Crippen molar-refractivity contribution in [3.8, 4) is 0 Å². The van der Waals surface area contributed by atoms with E-state index in [9.17, 15) is 4.79 Å². The van der Waals surface area contributed by atoms with Crippen molar-refractivity contribution in [3.63, 3.8) is 0 Å². The lowest BCUT2D eigenvalue weighted by atomic mass is 9.84. The van der Waals surface area contributed by atoms with Crippen LogP contribution in [-0.4, -0.2) is 11.9 Å². The van der Waals surface area contributed by atoms with Crippen LogP contribution in [0.1, 0.15) is 43.6 Å². The normalized spacial score (nSPS) is 16.8. The number of carbonyl (C=O) groups excluding carboxylic acids is 1. The summed E-state index contributed by atoms with van der Waals surface area (Å²) < 4.78 is 0. The molecule has 17 heavy (non-hydrogen) atoms. The predicted octanol–water partition coefficient (Wildman–Crippen LogP) is 4.69. The van der Waals surface area contributed by atoms with E-state index >= 15 is 0 Å². The standard InChI is InChI=1S/C14H18BrNO/c1-16(14(15)17)13-9-7-12(8-10-13)11-5-3-2-4-6-11/h7-11H,2-6H2,1H3. The number of halogens is 1. The largest absolute Gasteiger partial charge is 0.306 e. The minimum Gasteiger partial charge on any atom is -0.306 e. The molecule has 0 saturated heterocycles. The first-order chi connectivity index (χ1) is 8.18. The Morgan fingerprint density at radius 2 is 1.76 bits per heavy atom. The summed E-state index contributed by atoms with van der Waals surface area (Å²) in [4.78, 5) is 12.7. The molecule has 1 saturated carbocycles. The van der Waals surface area contributed by atoms with Gasteiger partial charge in [0.2, 0.25) is 0 Å².